The summed E-state index contributed by atoms with van der Waals surface area (Å²) in [6.07, 6.45) is 1.55. The number of carbonyl (C=O) groups is 1. The highest BCUT2D eigenvalue weighted by molar-refractivity contribution is 6.31. The largest absolute Gasteiger partial charge is 0.459 e. The third kappa shape index (κ3) is 3.82. The predicted molar refractivity (Wildman–Crippen MR) is 87.4 cm³/mol. The summed E-state index contributed by atoms with van der Waals surface area (Å²) in [5, 5.41) is 14.6. The second-order valence-corrected chi connectivity index (χ2v) is 5.66. The Balaban J connectivity index is 2.50. The molecule has 1 aromatic rings. The lowest BCUT2D eigenvalue weighted by Gasteiger charge is -2.26. The first-order chi connectivity index (χ1) is 10.9. The van der Waals surface area contributed by atoms with Crippen molar-refractivity contribution in [3.63, 3.8) is 0 Å². The van der Waals surface area contributed by atoms with Crippen molar-refractivity contribution in [3.8, 4) is 6.19 Å². The minimum absolute atomic E-state index is 0.252. The van der Waals surface area contributed by atoms with Gasteiger partial charge in [0.25, 0.3) is 0 Å². The molecule has 1 aliphatic rings. The molecule has 2 rings (SSSR count). The van der Waals surface area contributed by atoms with Crippen molar-refractivity contribution in [3.05, 3.63) is 46.1 Å². The lowest BCUT2D eigenvalue weighted by molar-refractivity contribution is -0.143. The van der Waals surface area contributed by atoms with E-state index in [1.54, 1.807) is 45.2 Å². The maximum absolute atomic E-state index is 12.5. The first-order valence-electron chi connectivity index (χ1n) is 7.10. The number of benzene rings is 1. The maximum Gasteiger partial charge on any atom is 0.338 e. The fourth-order valence-electron chi connectivity index (χ4n) is 2.26. The van der Waals surface area contributed by atoms with E-state index in [1.165, 1.54) is 0 Å². The lowest BCUT2D eigenvalue weighted by Crippen LogP contribution is -2.39. The summed E-state index contributed by atoms with van der Waals surface area (Å²) in [6, 6.07) is 6.49. The highest BCUT2D eigenvalue weighted by Crippen LogP contribution is 2.35. The minimum Gasteiger partial charge on any atom is -0.459 e. The molecule has 0 aliphatic carbocycles. The van der Waals surface area contributed by atoms with Crippen molar-refractivity contribution < 1.29 is 9.53 Å². The molecule has 0 amide bonds. The number of halogens is 1. The molecule has 0 saturated carbocycles. The zero-order valence-corrected chi connectivity index (χ0v) is 13.8. The van der Waals surface area contributed by atoms with Crippen LogP contribution in [0.5, 0.6) is 0 Å². The molecule has 1 unspecified atom stereocenters. The van der Waals surface area contributed by atoms with Gasteiger partial charge >= 0.3 is 5.97 Å². The fraction of sp³-hybridized carbons (Fsp3) is 0.312. The third-order valence-electron chi connectivity index (χ3n) is 3.18. The van der Waals surface area contributed by atoms with Gasteiger partial charge in [-0.2, -0.15) is 5.26 Å². The molecule has 0 saturated heterocycles. The van der Waals surface area contributed by atoms with E-state index in [4.69, 9.17) is 21.6 Å². The Morgan fingerprint density at radius 2 is 2.17 bits per heavy atom. The molecule has 0 radical (unpaired) electrons. The number of nitrogens with one attached hydrogen (secondary N) is 2. The summed E-state index contributed by atoms with van der Waals surface area (Å²) in [4.78, 5) is 16.9. The number of allylic oxidation sites excluding steroid dienone is 1. The van der Waals surface area contributed by atoms with Gasteiger partial charge < -0.3 is 10.1 Å². The summed E-state index contributed by atoms with van der Waals surface area (Å²) < 4.78 is 5.31. The van der Waals surface area contributed by atoms with E-state index in [-0.39, 0.29) is 12.1 Å². The van der Waals surface area contributed by atoms with Gasteiger partial charge in [0.15, 0.2) is 6.19 Å². The maximum atomic E-state index is 12.5. The Morgan fingerprint density at radius 3 is 2.78 bits per heavy atom. The van der Waals surface area contributed by atoms with Crippen molar-refractivity contribution in [1.29, 1.82) is 5.26 Å². The summed E-state index contributed by atoms with van der Waals surface area (Å²) in [7, 11) is 0. The number of esters is 1. The predicted octanol–water partition coefficient (Wildman–Crippen LogP) is 2.64. The molecule has 1 aliphatic heterocycles. The number of aliphatic imine (C=N–C) groups is 1. The number of guanidine groups is 1. The van der Waals surface area contributed by atoms with Crippen LogP contribution in [-0.4, -0.2) is 18.0 Å². The molecule has 1 aromatic carbocycles. The number of nitriles is 1. The van der Waals surface area contributed by atoms with Crippen LogP contribution in [0.3, 0.4) is 0 Å². The van der Waals surface area contributed by atoms with Crippen LogP contribution in [0, 0.1) is 11.5 Å². The Kier molecular flexibility index (Phi) is 5.24. The van der Waals surface area contributed by atoms with Crippen LogP contribution in [0.15, 0.2) is 40.5 Å². The molecule has 0 spiro atoms. The summed E-state index contributed by atoms with van der Waals surface area (Å²) in [5.74, 6) is -0.203. The van der Waals surface area contributed by atoms with E-state index in [0.29, 0.717) is 21.9 Å². The molecule has 0 bridgehead atoms. The summed E-state index contributed by atoms with van der Waals surface area (Å²) in [6.45, 7) is 5.29. The molecule has 6 nitrogen and oxygen atoms in total. The smallest absolute Gasteiger partial charge is 0.338 e. The standard InChI is InChI=1S/C16H17ClN4O2/c1-9(2)23-15(22)13-10(3)20-16(19-8-18)21-14(13)11-6-4-5-7-12(11)17/h4-7,9,14H,1-3H3,(H2,19,20,21). The topological polar surface area (TPSA) is 86.5 Å². The lowest BCUT2D eigenvalue weighted by atomic mass is 9.96. The Hall–Kier alpha value is -2.52. The third-order valence-corrected chi connectivity index (χ3v) is 3.52. The van der Waals surface area contributed by atoms with Crippen LogP contribution in [0.4, 0.5) is 0 Å². The fourth-order valence-corrected chi connectivity index (χ4v) is 2.50. The monoisotopic (exact) mass is 332 g/mol. The molecule has 0 aromatic heterocycles. The second-order valence-electron chi connectivity index (χ2n) is 5.26. The van der Waals surface area contributed by atoms with Gasteiger partial charge in [-0.15, -0.1) is 0 Å². The average molecular weight is 333 g/mol. The average Bonchev–Trinajstić information content (AvgIpc) is 2.46. The number of nitrogens with zero attached hydrogens (tertiary/aromatic N) is 2. The van der Waals surface area contributed by atoms with Crippen LogP contribution in [0.1, 0.15) is 32.4 Å². The highest BCUT2D eigenvalue weighted by atomic mass is 35.5. The van der Waals surface area contributed by atoms with Crippen molar-refractivity contribution in [2.75, 3.05) is 0 Å². The molecule has 1 atom stereocenters. The van der Waals surface area contributed by atoms with Crippen molar-refractivity contribution in [2.45, 2.75) is 32.9 Å². The zero-order chi connectivity index (χ0) is 17.0. The highest BCUT2D eigenvalue weighted by Gasteiger charge is 2.31. The van der Waals surface area contributed by atoms with E-state index < -0.39 is 12.0 Å². The Bertz CT molecular complexity index is 719. The van der Waals surface area contributed by atoms with Crippen LogP contribution in [0.2, 0.25) is 5.02 Å². The Morgan fingerprint density at radius 1 is 1.48 bits per heavy atom. The SMILES string of the molecule is CC1=C(C(=O)OC(C)C)C(c2ccccc2Cl)N=C(NC#N)N1. The van der Waals surface area contributed by atoms with E-state index in [9.17, 15) is 4.79 Å². The van der Waals surface area contributed by atoms with Gasteiger partial charge in [0.05, 0.1) is 11.7 Å². The van der Waals surface area contributed by atoms with Crippen molar-refractivity contribution in [1.82, 2.24) is 10.6 Å². The van der Waals surface area contributed by atoms with Gasteiger partial charge in [-0.05, 0) is 26.8 Å². The second kappa shape index (κ2) is 7.16. The number of ether oxygens (including phenoxy) is 1. The number of hydrogen-bond acceptors (Lipinski definition) is 6. The van der Waals surface area contributed by atoms with Gasteiger partial charge in [0.2, 0.25) is 5.96 Å². The van der Waals surface area contributed by atoms with E-state index in [1.807, 2.05) is 6.07 Å². The quantitative estimate of drug-likeness (QED) is 0.505. The number of rotatable bonds is 3. The molecular weight excluding hydrogens is 316 g/mol. The minimum atomic E-state index is -0.646. The molecule has 23 heavy (non-hydrogen) atoms. The van der Waals surface area contributed by atoms with Gasteiger partial charge in [-0.25, -0.2) is 9.79 Å². The van der Waals surface area contributed by atoms with E-state index in [2.05, 4.69) is 15.6 Å². The molecular formula is C16H17ClN4O2. The molecule has 7 heteroatoms. The Labute approximate surface area is 139 Å². The van der Waals surface area contributed by atoms with E-state index in [0.717, 1.165) is 0 Å². The van der Waals surface area contributed by atoms with Gasteiger partial charge in [-0.3, -0.25) is 5.32 Å². The number of hydrogen-bond donors (Lipinski definition) is 2. The van der Waals surface area contributed by atoms with Crippen LogP contribution < -0.4 is 10.6 Å². The normalized spacial score (nSPS) is 17.2. The van der Waals surface area contributed by atoms with Crippen molar-refractivity contribution >= 4 is 23.5 Å². The van der Waals surface area contributed by atoms with Gasteiger partial charge in [0.1, 0.15) is 6.04 Å². The molecule has 120 valence electrons. The van der Waals surface area contributed by atoms with Gasteiger partial charge in [-0.1, -0.05) is 29.8 Å². The van der Waals surface area contributed by atoms with Crippen LogP contribution >= 0.6 is 11.6 Å². The summed E-state index contributed by atoms with van der Waals surface area (Å²) in [5.41, 5.74) is 1.60. The van der Waals surface area contributed by atoms with E-state index >= 15 is 0 Å². The summed E-state index contributed by atoms with van der Waals surface area (Å²) >= 11 is 6.26. The molecule has 2 N–H and O–H groups in total. The van der Waals surface area contributed by atoms with Crippen LogP contribution in [-0.2, 0) is 9.53 Å². The van der Waals surface area contributed by atoms with Gasteiger partial charge in [0, 0.05) is 16.3 Å². The van der Waals surface area contributed by atoms with Crippen molar-refractivity contribution in [2.24, 2.45) is 4.99 Å². The first-order valence-corrected chi connectivity index (χ1v) is 7.48. The first kappa shape index (κ1) is 16.8. The number of carbonyl (C=O) groups excluding carboxylic acids is 1. The zero-order valence-electron chi connectivity index (χ0n) is 13.1. The van der Waals surface area contributed by atoms with Crippen LogP contribution in [0.25, 0.3) is 0 Å². The molecule has 0 fully saturated rings. The molecule has 1 heterocycles.